The first-order chi connectivity index (χ1) is 8.87. The van der Waals surface area contributed by atoms with Gasteiger partial charge in [0.2, 0.25) is 5.91 Å². The maximum Gasteiger partial charge on any atom is 0.328 e. The third-order valence-electron chi connectivity index (χ3n) is 2.38. The number of carbonyl (C=O) groups excluding carboxylic acids is 4. The zero-order valence-electron chi connectivity index (χ0n) is 11.3. The molecule has 19 heavy (non-hydrogen) atoms. The van der Waals surface area contributed by atoms with E-state index in [0.717, 1.165) is 26.2 Å². The lowest BCUT2D eigenvalue weighted by atomic mass is 10.2. The number of hydrogen-bond acceptors (Lipinski definition) is 7. The predicted molar refractivity (Wildman–Crippen MR) is 61.8 cm³/mol. The Kier molecular flexibility index (Phi) is 7.16. The Morgan fingerprint density at radius 2 is 1.47 bits per heavy atom. The minimum absolute atomic E-state index is 0.456. The molecule has 0 aliphatic heterocycles. The van der Waals surface area contributed by atoms with Gasteiger partial charge in [-0.15, -0.1) is 0 Å². The maximum absolute atomic E-state index is 11.8. The molecule has 108 valence electrons. The number of nitrogens with zero attached hydrogens (tertiary/aromatic N) is 1. The lowest BCUT2D eigenvalue weighted by molar-refractivity contribution is -0.159. The molecule has 8 nitrogen and oxygen atoms in total. The van der Waals surface area contributed by atoms with Crippen molar-refractivity contribution in [1.29, 1.82) is 0 Å². The number of ether oxygens (including phenoxy) is 3. The molecule has 0 rings (SSSR count). The average molecular weight is 275 g/mol. The average Bonchev–Trinajstić information content (AvgIpc) is 2.42. The molecule has 0 radical (unpaired) electrons. The minimum Gasteiger partial charge on any atom is -0.469 e. The first-order valence-electron chi connectivity index (χ1n) is 5.38. The van der Waals surface area contributed by atoms with Gasteiger partial charge in [-0.3, -0.25) is 14.4 Å². The quantitative estimate of drug-likeness (QED) is 0.352. The van der Waals surface area contributed by atoms with Crippen molar-refractivity contribution in [3.05, 3.63) is 0 Å². The summed E-state index contributed by atoms with van der Waals surface area (Å²) in [7, 11) is 3.43. The van der Waals surface area contributed by atoms with Gasteiger partial charge in [0.05, 0.1) is 21.3 Å². The molecule has 8 heteroatoms. The van der Waals surface area contributed by atoms with Crippen LogP contribution in [0, 0.1) is 0 Å². The minimum atomic E-state index is -1.01. The highest BCUT2D eigenvalue weighted by Gasteiger charge is 2.30. The number of methoxy groups -OCH3 is 3. The van der Waals surface area contributed by atoms with E-state index < -0.39 is 42.8 Å². The molecule has 0 aromatic rings. The molecule has 1 atom stereocenters. The molecule has 0 saturated heterocycles. The van der Waals surface area contributed by atoms with Crippen LogP contribution in [0.5, 0.6) is 0 Å². The van der Waals surface area contributed by atoms with Crippen LogP contribution < -0.4 is 0 Å². The summed E-state index contributed by atoms with van der Waals surface area (Å²) in [6.45, 7) is 0.923. The molecule has 0 aromatic heterocycles. The standard InChI is InChI=1S/C11H17NO7/c1-7(11(16)19-4)12(6-10(15)18-3)8(13)5-9(14)17-2/h7H,5-6H2,1-4H3. The maximum atomic E-state index is 11.8. The lowest BCUT2D eigenvalue weighted by Crippen LogP contribution is -2.47. The van der Waals surface area contributed by atoms with Gasteiger partial charge in [-0.2, -0.15) is 0 Å². The largest absolute Gasteiger partial charge is 0.469 e. The second kappa shape index (κ2) is 8.06. The highest BCUT2D eigenvalue weighted by Crippen LogP contribution is 2.05. The van der Waals surface area contributed by atoms with Crippen LogP contribution in [-0.2, 0) is 33.4 Å². The smallest absolute Gasteiger partial charge is 0.328 e. The van der Waals surface area contributed by atoms with E-state index in [2.05, 4.69) is 14.2 Å². The summed E-state index contributed by atoms with van der Waals surface area (Å²) >= 11 is 0. The predicted octanol–water partition coefficient (Wildman–Crippen LogP) is -0.887. The van der Waals surface area contributed by atoms with Crippen molar-refractivity contribution in [2.45, 2.75) is 19.4 Å². The van der Waals surface area contributed by atoms with E-state index in [4.69, 9.17) is 0 Å². The summed E-state index contributed by atoms with van der Waals surface area (Å²) < 4.78 is 13.3. The Balaban J connectivity index is 4.94. The van der Waals surface area contributed by atoms with Crippen LogP contribution in [0.3, 0.4) is 0 Å². The summed E-state index contributed by atoms with van der Waals surface area (Å²) in [6, 6.07) is -1.01. The van der Waals surface area contributed by atoms with Crippen molar-refractivity contribution in [2.24, 2.45) is 0 Å². The van der Waals surface area contributed by atoms with Crippen LogP contribution in [0.15, 0.2) is 0 Å². The van der Waals surface area contributed by atoms with Crippen LogP contribution in [0.25, 0.3) is 0 Å². The fourth-order valence-corrected chi connectivity index (χ4v) is 1.24. The van der Waals surface area contributed by atoms with Gasteiger partial charge in [0.15, 0.2) is 0 Å². The van der Waals surface area contributed by atoms with Crippen LogP contribution >= 0.6 is 0 Å². The fraction of sp³-hybridized carbons (Fsp3) is 0.636. The van der Waals surface area contributed by atoms with E-state index in [9.17, 15) is 19.2 Å². The summed E-state index contributed by atoms with van der Waals surface area (Å²) in [5, 5.41) is 0. The Morgan fingerprint density at radius 3 is 1.89 bits per heavy atom. The third kappa shape index (κ3) is 5.36. The van der Waals surface area contributed by atoms with E-state index in [0.29, 0.717) is 0 Å². The molecule has 0 aromatic carbocycles. The van der Waals surface area contributed by atoms with Crippen LogP contribution in [-0.4, -0.2) is 62.6 Å². The molecule has 0 spiro atoms. The van der Waals surface area contributed by atoms with Gasteiger partial charge < -0.3 is 19.1 Å². The molecule has 0 bridgehead atoms. The second-order valence-electron chi connectivity index (χ2n) is 3.55. The fourth-order valence-electron chi connectivity index (χ4n) is 1.24. The van der Waals surface area contributed by atoms with Crippen LogP contribution in [0.1, 0.15) is 13.3 Å². The number of esters is 3. The van der Waals surface area contributed by atoms with Gasteiger partial charge in [0.1, 0.15) is 19.0 Å². The van der Waals surface area contributed by atoms with Crippen LogP contribution in [0.2, 0.25) is 0 Å². The first kappa shape index (κ1) is 16.9. The molecule has 0 heterocycles. The molecule has 0 N–H and O–H groups in total. The Hall–Kier alpha value is -2.12. The topological polar surface area (TPSA) is 99.2 Å². The highest BCUT2D eigenvalue weighted by atomic mass is 16.5. The SMILES string of the molecule is COC(=O)CC(=O)N(CC(=O)OC)C(C)C(=O)OC. The molecular formula is C11H17NO7. The van der Waals surface area contributed by atoms with Crippen molar-refractivity contribution in [3.8, 4) is 0 Å². The molecule has 0 saturated carbocycles. The van der Waals surface area contributed by atoms with Crippen molar-refractivity contribution >= 4 is 23.8 Å². The summed E-state index contributed by atoms with van der Waals surface area (Å²) in [4.78, 5) is 46.4. The zero-order valence-corrected chi connectivity index (χ0v) is 11.3. The lowest BCUT2D eigenvalue weighted by Gasteiger charge is -2.25. The van der Waals surface area contributed by atoms with E-state index in [-0.39, 0.29) is 0 Å². The molecule has 1 unspecified atom stereocenters. The summed E-state index contributed by atoms with van der Waals surface area (Å²) in [5.41, 5.74) is 0. The van der Waals surface area contributed by atoms with Gasteiger partial charge in [0, 0.05) is 0 Å². The van der Waals surface area contributed by atoms with Crippen molar-refractivity contribution in [1.82, 2.24) is 4.90 Å². The number of rotatable bonds is 6. The number of hydrogen-bond donors (Lipinski definition) is 0. The number of amides is 1. The Morgan fingerprint density at radius 1 is 0.947 bits per heavy atom. The first-order valence-corrected chi connectivity index (χ1v) is 5.38. The van der Waals surface area contributed by atoms with Crippen LogP contribution in [0.4, 0.5) is 0 Å². The van der Waals surface area contributed by atoms with Gasteiger partial charge in [-0.1, -0.05) is 0 Å². The van der Waals surface area contributed by atoms with Gasteiger partial charge in [0.25, 0.3) is 0 Å². The van der Waals surface area contributed by atoms with Crippen molar-refractivity contribution < 1.29 is 33.4 Å². The highest BCUT2D eigenvalue weighted by molar-refractivity contribution is 5.97. The third-order valence-corrected chi connectivity index (χ3v) is 2.38. The zero-order chi connectivity index (χ0) is 15.0. The van der Waals surface area contributed by atoms with Gasteiger partial charge in [-0.05, 0) is 6.92 Å². The normalized spacial score (nSPS) is 11.2. The van der Waals surface area contributed by atoms with Gasteiger partial charge in [-0.25, -0.2) is 4.79 Å². The van der Waals surface area contributed by atoms with Gasteiger partial charge >= 0.3 is 17.9 Å². The van der Waals surface area contributed by atoms with Crippen molar-refractivity contribution in [2.75, 3.05) is 27.9 Å². The van der Waals surface area contributed by atoms with E-state index in [1.807, 2.05) is 0 Å². The Bertz CT molecular complexity index is 366. The summed E-state index contributed by atoms with van der Waals surface area (Å²) in [5.74, 6) is -2.91. The Labute approximate surface area is 110 Å². The molecule has 1 amide bonds. The van der Waals surface area contributed by atoms with Crippen molar-refractivity contribution in [3.63, 3.8) is 0 Å². The molecule has 0 aliphatic carbocycles. The summed E-state index contributed by atoms with van der Waals surface area (Å²) in [6.07, 6.45) is -0.575. The van der Waals surface area contributed by atoms with E-state index >= 15 is 0 Å². The molecule has 0 aliphatic rings. The number of carbonyl (C=O) groups is 4. The second-order valence-corrected chi connectivity index (χ2v) is 3.55. The van der Waals surface area contributed by atoms with E-state index in [1.165, 1.54) is 6.92 Å². The van der Waals surface area contributed by atoms with E-state index in [1.54, 1.807) is 0 Å². The monoisotopic (exact) mass is 275 g/mol. The molecule has 0 fully saturated rings. The molecular weight excluding hydrogens is 258 g/mol.